The van der Waals surface area contributed by atoms with Crippen LogP contribution >= 0.6 is 58.7 Å². The van der Waals surface area contributed by atoms with Crippen LogP contribution in [0, 0.1) is 0 Å². The second-order valence-electron chi connectivity index (χ2n) is 7.63. The maximum absolute atomic E-state index is 13.4. The first-order chi connectivity index (χ1) is 17.0. The van der Waals surface area contributed by atoms with Crippen molar-refractivity contribution in [2.75, 3.05) is 6.54 Å². The maximum atomic E-state index is 13.4. The van der Waals surface area contributed by atoms with Crippen molar-refractivity contribution in [3.63, 3.8) is 0 Å². The van der Waals surface area contributed by atoms with Gasteiger partial charge in [0.1, 0.15) is 4.32 Å². The quantitative estimate of drug-likeness (QED) is 0.139. The Morgan fingerprint density at radius 3 is 2.69 bits per heavy atom. The lowest BCUT2D eigenvalue weighted by atomic mass is 10.2. The van der Waals surface area contributed by atoms with Gasteiger partial charge in [-0.15, -0.1) is 11.3 Å². The molecule has 0 unspecified atom stereocenters. The Labute approximate surface area is 225 Å². The van der Waals surface area contributed by atoms with Gasteiger partial charge in [0.15, 0.2) is 5.16 Å². The van der Waals surface area contributed by atoms with Crippen LogP contribution in [0.2, 0.25) is 5.02 Å². The molecule has 0 aliphatic carbocycles. The van der Waals surface area contributed by atoms with Gasteiger partial charge in [-0.3, -0.25) is 19.1 Å². The van der Waals surface area contributed by atoms with E-state index in [4.69, 9.17) is 28.8 Å². The van der Waals surface area contributed by atoms with Crippen molar-refractivity contribution in [1.82, 2.24) is 14.5 Å². The van der Waals surface area contributed by atoms with Gasteiger partial charge in [0, 0.05) is 28.6 Å². The van der Waals surface area contributed by atoms with Crippen molar-refractivity contribution < 1.29 is 9.59 Å². The van der Waals surface area contributed by atoms with Gasteiger partial charge < -0.3 is 0 Å². The zero-order valence-electron chi connectivity index (χ0n) is 18.2. The highest BCUT2D eigenvalue weighted by Crippen LogP contribution is 2.34. The van der Waals surface area contributed by atoms with Crippen LogP contribution in [0.3, 0.4) is 0 Å². The van der Waals surface area contributed by atoms with E-state index in [2.05, 4.69) is 0 Å². The smallest absolute Gasteiger partial charge is 0.266 e. The summed E-state index contributed by atoms with van der Waals surface area (Å²) >= 11 is 15.8. The van der Waals surface area contributed by atoms with Gasteiger partial charge >= 0.3 is 0 Å². The average Bonchev–Trinajstić information content (AvgIpc) is 3.56. The van der Waals surface area contributed by atoms with Crippen molar-refractivity contribution in [2.24, 2.45) is 0 Å². The van der Waals surface area contributed by atoms with Gasteiger partial charge in [-0.25, -0.2) is 4.98 Å². The number of aromatic nitrogens is 2. The van der Waals surface area contributed by atoms with Crippen molar-refractivity contribution >= 4 is 91.9 Å². The molecule has 1 amide bonds. The summed E-state index contributed by atoms with van der Waals surface area (Å²) in [6.45, 7) is 0.221. The van der Waals surface area contributed by atoms with E-state index in [0.29, 0.717) is 25.2 Å². The number of hydrogen-bond acceptors (Lipinski definition) is 7. The maximum Gasteiger partial charge on any atom is 0.266 e. The Hall–Kier alpha value is -2.43. The highest BCUT2D eigenvalue weighted by atomic mass is 35.5. The zero-order valence-corrected chi connectivity index (χ0v) is 22.2. The molecule has 1 fully saturated rings. The Kier molecular flexibility index (Phi) is 7.40. The number of thioether (sulfide) groups is 2. The number of amides is 1. The van der Waals surface area contributed by atoms with Crippen LogP contribution in [0.25, 0.3) is 17.1 Å². The molecule has 0 bridgehead atoms. The summed E-state index contributed by atoms with van der Waals surface area (Å²) in [5.41, 5.74) is 2.59. The van der Waals surface area contributed by atoms with Crippen LogP contribution < -0.4 is 0 Å². The molecule has 3 heterocycles. The van der Waals surface area contributed by atoms with E-state index in [1.54, 1.807) is 15.9 Å². The molecule has 0 saturated carbocycles. The van der Waals surface area contributed by atoms with E-state index >= 15 is 0 Å². The molecule has 1 aliphatic rings. The normalized spacial score (nSPS) is 15.0. The van der Waals surface area contributed by atoms with Crippen LogP contribution in [0.5, 0.6) is 0 Å². The minimum absolute atomic E-state index is 0.131. The first-order valence-corrected chi connectivity index (χ1v) is 14.1. The SMILES string of the molecule is O=C1/C(=C/c2cccs2)SC(=S)N1CCC(=O)n1c(SCc2ccc(Cl)cc2)nc2ccccc21. The van der Waals surface area contributed by atoms with Crippen molar-refractivity contribution in [2.45, 2.75) is 17.3 Å². The standard InChI is InChI=1S/C25H18ClN3O2S4/c26-17-9-7-16(8-10-17)15-34-24-27-19-5-1-2-6-20(19)29(24)22(30)11-12-28-23(31)21(35-25(28)32)14-18-4-3-13-33-18/h1-10,13-14H,11-12,15H2/b21-14-. The monoisotopic (exact) mass is 555 g/mol. The molecule has 0 N–H and O–H groups in total. The number of imidazole rings is 1. The molecule has 0 spiro atoms. The van der Waals surface area contributed by atoms with E-state index in [1.807, 2.05) is 72.1 Å². The minimum Gasteiger partial charge on any atom is -0.292 e. The summed E-state index contributed by atoms with van der Waals surface area (Å²) in [7, 11) is 0. The summed E-state index contributed by atoms with van der Waals surface area (Å²) < 4.78 is 2.12. The fourth-order valence-electron chi connectivity index (χ4n) is 3.58. The van der Waals surface area contributed by atoms with E-state index in [-0.39, 0.29) is 24.8 Å². The molecule has 35 heavy (non-hydrogen) atoms. The Morgan fingerprint density at radius 2 is 1.91 bits per heavy atom. The molecule has 2 aromatic heterocycles. The lowest BCUT2D eigenvalue weighted by molar-refractivity contribution is -0.122. The predicted octanol–water partition coefficient (Wildman–Crippen LogP) is 6.98. The molecule has 10 heteroatoms. The average molecular weight is 556 g/mol. The number of para-hydroxylation sites is 2. The fraction of sp³-hybridized carbons (Fsp3) is 0.120. The summed E-state index contributed by atoms with van der Waals surface area (Å²) in [5, 5.41) is 3.26. The number of nitrogens with zero attached hydrogens (tertiary/aromatic N) is 3. The molecular weight excluding hydrogens is 538 g/mol. The van der Waals surface area contributed by atoms with Crippen molar-refractivity contribution in [3.8, 4) is 0 Å². The molecular formula is C25H18ClN3O2S4. The second-order valence-corrected chi connectivity index (χ2v) is 11.7. The Morgan fingerprint density at radius 1 is 1.11 bits per heavy atom. The van der Waals surface area contributed by atoms with Crippen LogP contribution in [-0.4, -0.2) is 37.1 Å². The number of thiophene rings is 1. The number of thiocarbonyl (C=S) groups is 1. The molecule has 1 saturated heterocycles. The number of carbonyl (C=O) groups excluding carboxylic acids is 2. The van der Waals surface area contributed by atoms with Crippen LogP contribution in [0.1, 0.15) is 21.7 Å². The molecule has 4 aromatic rings. The van der Waals surface area contributed by atoms with Gasteiger partial charge in [0.25, 0.3) is 5.91 Å². The first kappa shape index (κ1) is 24.3. The van der Waals surface area contributed by atoms with E-state index < -0.39 is 0 Å². The number of benzene rings is 2. The van der Waals surface area contributed by atoms with Crippen molar-refractivity contribution in [1.29, 1.82) is 0 Å². The topological polar surface area (TPSA) is 55.2 Å². The Balaban J connectivity index is 1.33. The number of hydrogen-bond donors (Lipinski definition) is 0. The molecule has 0 atom stereocenters. The molecule has 5 nitrogen and oxygen atoms in total. The van der Waals surface area contributed by atoms with Gasteiger partial charge in [-0.2, -0.15) is 0 Å². The number of halogens is 1. The third-order valence-electron chi connectivity index (χ3n) is 5.30. The van der Waals surface area contributed by atoms with Gasteiger partial charge in [0.2, 0.25) is 5.91 Å². The summed E-state index contributed by atoms with van der Waals surface area (Å²) in [6, 6.07) is 19.1. The highest BCUT2D eigenvalue weighted by Gasteiger charge is 2.32. The molecule has 5 rings (SSSR count). The minimum atomic E-state index is -0.158. The van der Waals surface area contributed by atoms with E-state index in [0.717, 1.165) is 21.5 Å². The lowest BCUT2D eigenvalue weighted by Crippen LogP contribution is -2.31. The van der Waals surface area contributed by atoms with Gasteiger partial charge in [0.05, 0.1) is 15.9 Å². The predicted molar refractivity (Wildman–Crippen MR) is 150 cm³/mol. The summed E-state index contributed by atoms with van der Waals surface area (Å²) in [4.78, 5) is 34.1. The fourth-order valence-corrected chi connectivity index (χ4v) is 6.72. The Bertz CT molecular complexity index is 1450. The summed E-state index contributed by atoms with van der Waals surface area (Å²) in [5.74, 6) is 0.360. The summed E-state index contributed by atoms with van der Waals surface area (Å²) in [6.07, 6.45) is 1.98. The van der Waals surface area contributed by atoms with Crippen LogP contribution in [0.15, 0.2) is 76.1 Å². The van der Waals surface area contributed by atoms with Gasteiger partial charge in [-0.1, -0.05) is 77.7 Å². The van der Waals surface area contributed by atoms with Crippen LogP contribution in [0.4, 0.5) is 0 Å². The molecule has 2 aromatic carbocycles. The number of fused-ring (bicyclic) bond motifs is 1. The second kappa shape index (κ2) is 10.7. The lowest BCUT2D eigenvalue weighted by Gasteiger charge is -2.14. The third-order valence-corrected chi connectivity index (χ3v) is 8.76. The van der Waals surface area contributed by atoms with Crippen LogP contribution in [-0.2, 0) is 10.5 Å². The first-order valence-electron chi connectivity index (χ1n) is 10.7. The number of rotatable bonds is 7. The largest absolute Gasteiger partial charge is 0.292 e. The van der Waals surface area contributed by atoms with Gasteiger partial charge in [-0.05, 0) is 47.4 Å². The molecule has 0 radical (unpaired) electrons. The van der Waals surface area contributed by atoms with E-state index in [9.17, 15) is 9.59 Å². The zero-order chi connectivity index (χ0) is 24.4. The number of carbonyl (C=O) groups is 2. The molecule has 1 aliphatic heterocycles. The third kappa shape index (κ3) is 5.39. The van der Waals surface area contributed by atoms with Crippen molar-refractivity contribution in [3.05, 3.63) is 86.4 Å². The van der Waals surface area contributed by atoms with E-state index in [1.165, 1.54) is 28.4 Å². The molecule has 176 valence electrons. The highest BCUT2D eigenvalue weighted by molar-refractivity contribution is 8.26.